The van der Waals surface area contributed by atoms with Gasteiger partial charge in [0.1, 0.15) is 0 Å². The van der Waals surface area contributed by atoms with Gasteiger partial charge < -0.3 is 20.9 Å². The second-order valence-electron chi connectivity index (χ2n) is 8.09. The van der Waals surface area contributed by atoms with Crippen LogP contribution in [0.15, 0.2) is 42.5 Å². The van der Waals surface area contributed by atoms with Gasteiger partial charge in [0.05, 0.1) is 6.54 Å². The number of carbonyl (C=O) groups is 3. The van der Waals surface area contributed by atoms with Crippen molar-refractivity contribution in [2.75, 3.05) is 36.8 Å². The van der Waals surface area contributed by atoms with Crippen LogP contribution >= 0.6 is 0 Å². The van der Waals surface area contributed by atoms with Gasteiger partial charge in [-0.2, -0.15) is 0 Å². The van der Waals surface area contributed by atoms with E-state index in [1.54, 1.807) is 41.3 Å². The molecule has 7 nitrogen and oxygen atoms in total. The SMILES string of the molecule is CCN(CC)C(=O)c1ccc(NC(=O)CNc2ccc(C(=O)NCC(C)C)cc2C)cc1. The molecule has 0 saturated heterocycles. The number of anilines is 2. The molecule has 172 valence electrons. The fraction of sp³-hybridized carbons (Fsp3) is 0.400. The largest absolute Gasteiger partial charge is 0.376 e. The van der Waals surface area contributed by atoms with Crippen molar-refractivity contribution < 1.29 is 14.4 Å². The van der Waals surface area contributed by atoms with Gasteiger partial charge in [0, 0.05) is 42.1 Å². The summed E-state index contributed by atoms with van der Waals surface area (Å²) in [6, 6.07) is 12.2. The summed E-state index contributed by atoms with van der Waals surface area (Å²) >= 11 is 0. The molecule has 7 heteroatoms. The second kappa shape index (κ2) is 11.9. The molecule has 0 aliphatic rings. The zero-order valence-corrected chi connectivity index (χ0v) is 19.6. The monoisotopic (exact) mass is 438 g/mol. The Bertz CT molecular complexity index is 935. The quantitative estimate of drug-likeness (QED) is 0.525. The van der Waals surface area contributed by atoms with Gasteiger partial charge >= 0.3 is 0 Å². The van der Waals surface area contributed by atoms with Gasteiger partial charge in [-0.3, -0.25) is 14.4 Å². The van der Waals surface area contributed by atoms with Crippen molar-refractivity contribution in [2.45, 2.75) is 34.6 Å². The van der Waals surface area contributed by atoms with Crippen LogP contribution in [-0.4, -0.2) is 48.8 Å². The maximum Gasteiger partial charge on any atom is 0.253 e. The third-order valence-electron chi connectivity index (χ3n) is 5.07. The van der Waals surface area contributed by atoms with Crippen LogP contribution < -0.4 is 16.0 Å². The first-order valence-corrected chi connectivity index (χ1v) is 11.1. The summed E-state index contributed by atoms with van der Waals surface area (Å²) < 4.78 is 0. The lowest BCUT2D eigenvalue weighted by molar-refractivity contribution is -0.114. The zero-order chi connectivity index (χ0) is 23.7. The van der Waals surface area contributed by atoms with E-state index < -0.39 is 0 Å². The minimum absolute atomic E-state index is 0.0219. The van der Waals surface area contributed by atoms with Gasteiger partial charge in [0.15, 0.2) is 0 Å². The molecule has 3 amide bonds. The molecule has 0 heterocycles. The highest BCUT2D eigenvalue weighted by Gasteiger charge is 2.13. The zero-order valence-electron chi connectivity index (χ0n) is 19.6. The first-order valence-electron chi connectivity index (χ1n) is 11.1. The molecule has 0 aromatic heterocycles. The summed E-state index contributed by atoms with van der Waals surface area (Å²) in [5, 5.41) is 8.82. The van der Waals surface area contributed by atoms with Gasteiger partial charge in [0.25, 0.3) is 11.8 Å². The van der Waals surface area contributed by atoms with Gasteiger partial charge in [-0.1, -0.05) is 13.8 Å². The van der Waals surface area contributed by atoms with E-state index in [-0.39, 0.29) is 24.3 Å². The summed E-state index contributed by atoms with van der Waals surface area (Å²) in [6.07, 6.45) is 0. The van der Waals surface area contributed by atoms with Crippen LogP contribution in [0.4, 0.5) is 11.4 Å². The van der Waals surface area contributed by atoms with Gasteiger partial charge in [-0.25, -0.2) is 0 Å². The molecule has 0 fully saturated rings. The van der Waals surface area contributed by atoms with Crippen LogP contribution in [0.25, 0.3) is 0 Å². The summed E-state index contributed by atoms with van der Waals surface area (Å²) in [4.78, 5) is 38.6. The highest BCUT2D eigenvalue weighted by atomic mass is 16.2. The Balaban J connectivity index is 1.90. The molecule has 2 rings (SSSR count). The smallest absolute Gasteiger partial charge is 0.253 e. The third kappa shape index (κ3) is 7.11. The third-order valence-corrected chi connectivity index (χ3v) is 5.07. The number of carbonyl (C=O) groups excluding carboxylic acids is 3. The number of aryl methyl sites for hydroxylation is 1. The van der Waals surface area contributed by atoms with Crippen molar-refractivity contribution in [3.63, 3.8) is 0 Å². The number of benzene rings is 2. The van der Waals surface area contributed by atoms with Crippen LogP contribution in [0.3, 0.4) is 0 Å². The number of nitrogens with one attached hydrogen (secondary N) is 3. The van der Waals surface area contributed by atoms with E-state index in [1.807, 2.05) is 40.7 Å². The summed E-state index contributed by atoms with van der Waals surface area (Å²) in [5.74, 6) is 0.0601. The summed E-state index contributed by atoms with van der Waals surface area (Å²) in [7, 11) is 0. The number of hydrogen-bond acceptors (Lipinski definition) is 4. The lowest BCUT2D eigenvalue weighted by Gasteiger charge is -2.18. The summed E-state index contributed by atoms with van der Waals surface area (Å²) in [6.45, 7) is 11.9. The first-order chi connectivity index (χ1) is 15.2. The molecule has 0 aliphatic carbocycles. The lowest BCUT2D eigenvalue weighted by Crippen LogP contribution is -2.30. The predicted molar refractivity (Wildman–Crippen MR) is 129 cm³/mol. The van der Waals surface area contributed by atoms with E-state index in [2.05, 4.69) is 16.0 Å². The Kier molecular flexibility index (Phi) is 9.25. The van der Waals surface area contributed by atoms with Crippen LogP contribution in [0.5, 0.6) is 0 Å². The van der Waals surface area contributed by atoms with Gasteiger partial charge in [-0.15, -0.1) is 0 Å². The molecule has 0 aliphatic heterocycles. The highest BCUT2D eigenvalue weighted by molar-refractivity contribution is 5.97. The number of nitrogens with zero attached hydrogens (tertiary/aromatic N) is 1. The van der Waals surface area contributed by atoms with E-state index >= 15 is 0 Å². The molecule has 0 unspecified atom stereocenters. The average molecular weight is 439 g/mol. The Morgan fingerprint density at radius 3 is 2.12 bits per heavy atom. The standard InChI is InChI=1S/C25H34N4O3/c1-6-29(7-2)25(32)19-8-11-21(12-9-19)28-23(30)16-26-22-13-10-20(14-18(22)5)24(31)27-15-17(3)4/h8-14,17,26H,6-7,15-16H2,1-5H3,(H,27,31)(H,28,30). The number of hydrogen-bond donors (Lipinski definition) is 3. The maximum atomic E-state index is 12.4. The van der Waals surface area contributed by atoms with Crippen LogP contribution in [0.1, 0.15) is 54.0 Å². The van der Waals surface area contributed by atoms with Crippen molar-refractivity contribution in [1.82, 2.24) is 10.2 Å². The molecule has 3 N–H and O–H groups in total. The fourth-order valence-electron chi connectivity index (χ4n) is 3.17. The van der Waals surface area contributed by atoms with Crippen molar-refractivity contribution in [1.29, 1.82) is 0 Å². The Hall–Kier alpha value is -3.35. The molecular weight excluding hydrogens is 404 g/mol. The number of amides is 3. The molecule has 2 aromatic rings. The number of rotatable bonds is 10. The van der Waals surface area contributed by atoms with Gasteiger partial charge in [-0.05, 0) is 74.7 Å². The van der Waals surface area contributed by atoms with Crippen molar-refractivity contribution in [3.05, 3.63) is 59.2 Å². The van der Waals surface area contributed by atoms with Gasteiger partial charge in [0.2, 0.25) is 5.91 Å². The Labute approximate surface area is 190 Å². The first kappa shape index (κ1) is 24.9. The van der Waals surface area contributed by atoms with E-state index in [9.17, 15) is 14.4 Å². The van der Waals surface area contributed by atoms with E-state index in [0.29, 0.717) is 42.4 Å². The van der Waals surface area contributed by atoms with E-state index in [4.69, 9.17) is 0 Å². The van der Waals surface area contributed by atoms with Crippen molar-refractivity contribution in [3.8, 4) is 0 Å². The van der Waals surface area contributed by atoms with Crippen molar-refractivity contribution in [2.24, 2.45) is 5.92 Å². The fourth-order valence-corrected chi connectivity index (χ4v) is 3.17. The van der Waals surface area contributed by atoms with Crippen molar-refractivity contribution >= 4 is 29.1 Å². The van der Waals surface area contributed by atoms with E-state index in [1.165, 1.54) is 0 Å². The molecule has 0 spiro atoms. The molecular formula is C25H34N4O3. The molecule has 0 radical (unpaired) electrons. The molecule has 0 bridgehead atoms. The van der Waals surface area contributed by atoms with Crippen LogP contribution in [-0.2, 0) is 4.79 Å². The Morgan fingerprint density at radius 2 is 1.56 bits per heavy atom. The van der Waals surface area contributed by atoms with Crippen LogP contribution in [0, 0.1) is 12.8 Å². The summed E-state index contributed by atoms with van der Waals surface area (Å²) in [5.41, 5.74) is 3.49. The predicted octanol–water partition coefficient (Wildman–Crippen LogP) is 3.91. The average Bonchev–Trinajstić information content (AvgIpc) is 2.77. The normalized spacial score (nSPS) is 10.6. The molecule has 32 heavy (non-hydrogen) atoms. The second-order valence-corrected chi connectivity index (χ2v) is 8.09. The molecule has 2 aromatic carbocycles. The minimum atomic E-state index is -0.203. The maximum absolute atomic E-state index is 12.4. The van der Waals surface area contributed by atoms with E-state index in [0.717, 1.165) is 11.3 Å². The van der Waals surface area contributed by atoms with Crippen LogP contribution in [0.2, 0.25) is 0 Å². The highest BCUT2D eigenvalue weighted by Crippen LogP contribution is 2.17. The Morgan fingerprint density at radius 1 is 0.938 bits per heavy atom. The molecule has 0 atom stereocenters. The minimum Gasteiger partial charge on any atom is -0.376 e. The molecule has 0 saturated carbocycles. The lowest BCUT2D eigenvalue weighted by atomic mass is 10.1. The topological polar surface area (TPSA) is 90.5 Å².